The molecule has 5 heteroatoms. The monoisotopic (exact) mass is 212 g/mol. The summed E-state index contributed by atoms with van der Waals surface area (Å²) in [6, 6.07) is 0.0453. The quantitative estimate of drug-likeness (QED) is 0.428. The number of imide groups is 1. The Morgan fingerprint density at radius 1 is 1.40 bits per heavy atom. The Morgan fingerprint density at radius 2 is 2.07 bits per heavy atom. The third-order valence-corrected chi connectivity index (χ3v) is 3.91. The zero-order valence-electron chi connectivity index (χ0n) is 9.39. The van der Waals surface area contributed by atoms with Crippen LogP contribution in [0.5, 0.6) is 0 Å². The highest BCUT2D eigenvalue weighted by molar-refractivity contribution is 6.07. The number of carbonyl (C=O) groups is 2. The van der Waals surface area contributed by atoms with Gasteiger partial charge in [0, 0.05) is 12.3 Å². The van der Waals surface area contributed by atoms with Crippen molar-refractivity contribution in [2.45, 2.75) is 31.8 Å². The second-order valence-electron chi connectivity index (χ2n) is 4.94. The first kappa shape index (κ1) is 10.4. The van der Waals surface area contributed by atoms with Gasteiger partial charge in [0.05, 0.1) is 19.6 Å². The zero-order chi connectivity index (χ0) is 11.2. The lowest BCUT2D eigenvalue weighted by atomic mass is 9.76. The summed E-state index contributed by atoms with van der Waals surface area (Å²) in [6.45, 7) is 5.05. The lowest BCUT2D eigenvalue weighted by Crippen LogP contribution is -3.15. The van der Waals surface area contributed by atoms with E-state index < -0.39 is 5.54 Å². The van der Waals surface area contributed by atoms with Crippen molar-refractivity contribution in [3.8, 4) is 0 Å². The minimum absolute atomic E-state index is 0.153. The van der Waals surface area contributed by atoms with Crippen LogP contribution in [0, 0.1) is 5.92 Å². The van der Waals surface area contributed by atoms with Crippen molar-refractivity contribution in [1.29, 1.82) is 0 Å². The van der Waals surface area contributed by atoms with Gasteiger partial charge >= 0.3 is 6.03 Å². The predicted octanol–water partition coefficient (Wildman–Crippen LogP) is -1.49. The van der Waals surface area contributed by atoms with E-state index >= 15 is 0 Å². The van der Waals surface area contributed by atoms with E-state index in [-0.39, 0.29) is 17.9 Å². The van der Waals surface area contributed by atoms with Crippen LogP contribution in [0.3, 0.4) is 0 Å². The molecule has 1 spiro atoms. The van der Waals surface area contributed by atoms with Gasteiger partial charge in [-0.3, -0.25) is 10.1 Å². The van der Waals surface area contributed by atoms with E-state index in [0.717, 1.165) is 13.0 Å². The number of urea groups is 1. The third kappa shape index (κ3) is 1.42. The maximum Gasteiger partial charge on any atom is 0.322 e. The summed E-state index contributed by atoms with van der Waals surface area (Å²) in [6.07, 6.45) is 0.720. The molecule has 0 bridgehead atoms. The number of quaternary nitrogens is 1. The van der Waals surface area contributed by atoms with E-state index in [2.05, 4.69) is 24.6 Å². The number of likely N-dealkylation sites (tertiary alicyclic amines) is 1. The summed E-state index contributed by atoms with van der Waals surface area (Å²) < 4.78 is 0. The Kier molecular flexibility index (Phi) is 2.22. The van der Waals surface area contributed by atoms with Crippen LogP contribution in [0.15, 0.2) is 0 Å². The first-order valence-electron chi connectivity index (χ1n) is 5.41. The van der Waals surface area contributed by atoms with Crippen molar-refractivity contribution in [1.82, 2.24) is 10.6 Å². The summed E-state index contributed by atoms with van der Waals surface area (Å²) >= 11 is 0. The topological polar surface area (TPSA) is 62.6 Å². The zero-order valence-corrected chi connectivity index (χ0v) is 9.39. The largest absolute Gasteiger partial charge is 0.335 e. The molecule has 3 N–H and O–H groups in total. The van der Waals surface area contributed by atoms with E-state index in [9.17, 15) is 9.59 Å². The van der Waals surface area contributed by atoms with Crippen molar-refractivity contribution in [3.05, 3.63) is 0 Å². The number of amides is 3. The third-order valence-electron chi connectivity index (χ3n) is 3.91. The predicted molar refractivity (Wildman–Crippen MR) is 54.4 cm³/mol. The highest BCUT2D eigenvalue weighted by atomic mass is 16.2. The fourth-order valence-electron chi connectivity index (χ4n) is 2.71. The van der Waals surface area contributed by atoms with Gasteiger partial charge in [-0.25, -0.2) is 4.79 Å². The number of hydrogen-bond acceptors (Lipinski definition) is 2. The summed E-state index contributed by atoms with van der Waals surface area (Å²) in [4.78, 5) is 24.4. The molecule has 3 amide bonds. The maximum atomic E-state index is 11.8. The van der Waals surface area contributed by atoms with Crippen LogP contribution < -0.4 is 15.5 Å². The Bertz CT molecular complexity index is 318. The number of rotatable bonds is 0. The molecule has 2 aliphatic rings. The van der Waals surface area contributed by atoms with Crippen molar-refractivity contribution >= 4 is 11.9 Å². The molecule has 2 aliphatic heterocycles. The highest BCUT2D eigenvalue weighted by Gasteiger charge is 2.55. The van der Waals surface area contributed by atoms with Crippen LogP contribution in [0.1, 0.15) is 20.3 Å². The van der Waals surface area contributed by atoms with Crippen molar-refractivity contribution < 1.29 is 14.5 Å². The first-order chi connectivity index (χ1) is 6.95. The standard InChI is InChI=1S/C10H17N3O2/c1-6-5-13(3)7(2)4-10(6)8(14)11-9(15)12-10/h6-7H,4-5H2,1-3H3,(H2,11,12,14,15)/p+1/t6-,7-,10-/m1/s1. The fraction of sp³-hybridized carbons (Fsp3) is 0.800. The molecule has 0 saturated carbocycles. The molecule has 15 heavy (non-hydrogen) atoms. The number of nitrogens with one attached hydrogen (secondary N) is 3. The number of carbonyl (C=O) groups excluding carboxylic acids is 2. The van der Waals surface area contributed by atoms with E-state index in [1.807, 2.05) is 6.92 Å². The van der Waals surface area contributed by atoms with Crippen molar-refractivity contribution in [2.24, 2.45) is 5.92 Å². The Hall–Kier alpha value is -1.10. The molecule has 0 radical (unpaired) electrons. The molecule has 2 fully saturated rings. The molecule has 0 aromatic heterocycles. The molecule has 0 aliphatic carbocycles. The van der Waals surface area contributed by atoms with E-state index in [0.29, 0.717) is 6.04 Å². The normalized spacial score (nSPS) is 45.4. The van der Waals surface area contributed by atoms with Gasteiger partial charge in [0.1, 0.15) is 5.54 Å². The molecule has 84 valence electrons. The smallest absolute Gasteiger partial charge is 0.322 e. The van der Waals surface area contributed by atoms with Gasteiger partial charge in [0.2, 0.25) is 0 Å². The molecular weight excluding hydrogens is 194 g/mol. The molecule has 2 rings (SSSR count). The van der Waals surface area contributed by atoms with Crippen LogP contribution in [0.4, 0.5) is 4.79 Å². The minimum Gasteiger partial charge on any atom is -0.335 e. The summed E-state index contributed by atoms with van der Waals surface area (Å²) in [5.74, 6) is 0.0273. The van der Waals surface area contributed by atoms with E-state index in [1.54, 1.807) is 0 Å². The molecule has 0 aromatic rings. The fourth-order valence-corrected chi connectivity index (χ4v) is 2.71. The van der Waals surface area contributed by atoms with E-state index in [1.165, 1.54) is 4.90 Å². The van der Waals surface area contributed by atoms with Gasteiger partial charge in [-0.1, -0.05) is 6.92 Å². The van der Waals surface area contributed by atoms with Gasteiger partial charge in [-0.05, 0) is 6.92 Å². The van der Waals surface area contributed by atoms with Gasteiger partial charge in [0.15, 0.2) is 0 Å². The summed E-state index contributed by atoms with van der Waals surface area (Å²) in [5, 5.41) is 5.15. The van der Waals surface area contributed by atoms with E-state index in [4.69, 9.17) is 0 Å². The summed E-state index contributed by atoms with van der Waals surface area (Å²) in [7, 11) is 2.13. The van der Waals surface area contributed by atoms with Crippen LogP contribution in [0.2, 0.25) is 0 Å². The van der Waals surface area contributed by atoms with Crippen molar-refractivity contribution in [3.63, 3.8) is 0 Å². The van der Waals surface area contributed by atoms with Gasteiger partial charge in [-0.15, -0.1) is 0 Å². The average Bonchev–Trinajstić information content (AvgIpc) is 2.40. The highest BCUT2D eigenvalue weighted by Crippen LogP contribution is 2.27. The molecule has 4 atom stereocenters. The minimum atomic E-state index is -0.657. The summed E-state index contributed by atoms with van der Waals surface area (Å²) in [5.41, 5.74) is -0.657. The lowest BCUT2D eigenvalue weighted by molar-refractivity contribution is -0.914. The second-order valence-corrected chi connectivity index (χ2v) is 4.94. The number of hydrogen-bond donors (Lipinski definition) is 3. The van der Waals surface area contributed by atoms with Crippen LogP contribution >= 0.6 is 0 Å². The maximum absolute atomic E-state index is 11.8. The first-order valence-corrected chi connectivity index (χ1v) is 5.41. The second kappa shape index (κ2) is 3.20. The Labute approximate surface area is 89.2 Å². The van der Waals surface area contributed by atoms with Crippen LogP contribution in [-0.2, 0) is 4.79 Å². The SMILES string of the molecule is C[C@@H]1C[C@@]2(NC(=O)NC2=O)[C@H](C)C[NH+]1C. The molecule has 2 heterocycles. The number of piperidine rings is 1. The lowest BCUT2D eigenvalue weighted by Gasteiger charge is -2.42. The average molecular weight is 212 g/mol. The Morgan fingerprint density at radius 3 is 2.60 bits per heavy atom. The van der Waals surface area contributed by atoms with Crippen LogP contribution in [0.25, 0.3) is 0 Å². The van der Waals surface area contributed by atoms with Gasteiger partial charge < -0.3 is 10.2 Å². The van der Waals surface area contributed by atoms with Gasteiger partial charge in [0.25, 0.3) is 5.91 Å². The molecule has 0 aromatic carbocycles. The van der Waals surface area contributed by atoms with Crippen LogP contribution in [-0.4, -0.2) is 37.1 Å². The molecular formula is C10H18N3O2+. The molecule has 2 saturated heterocycles. The molecule has 5 nitrogen and oxygen atoms in total. The van der Waals surface area contributed by atoms with Crippen molar-refractivity contribution in [2.75, 3.05) is 13.6 Å². The molecule has 1 unspecified atom stereocenters. The van der Waals surface area contributed by atoms with Gasteiger partial charge in [-0.2, -0.15) is 0 Å². The Balaban J connectivity index is 2.27.